The standard InChI is InChI=1S/C14H13ClN2O5/c15-8-3-1-2-7-6-10(16-12(7)8)13(20)17-9(14(21)22)4-5-11(18)19/h1-3,6,9,16H,4-5H2,(H,17,20)(H,18,19)(H,21,22)/t9-/m0/s1. The first-order valence-electron chi connectivity index (χ1n) is 6.41. The number of carbonyl (C=O) groups is 3. The van der Waals surface area contributed by atoms with Gasteiger partial charge in [-0.05, 0) is 18.6 Å². The Kier molecular flexibility index (Phi) is 4.67. The number of aliphatic carboxylic acids is 2. The van der Waals surface area contributed by atoms with E-state index in [1.54, 1.807) is 24.3 Å². The summed E-state index contributed by atoms with van der Waals surface area (Å²) in [6, 6.07) is 5.42. The summed E-state index contributed by atoms with van der Waals surface area (Å²) in [5.41, 5.74) is 0.733. The molecular formula is C14H13ClN2O5. The van der Waals surface area contributed by atoms with E-state index in [0.717, 1.165) is 5.39 Å². The lowest BCUT2D eigenvalue weighted by atomic mass is 10.1. The zero-order valence-corrected chi connectivity index (χ0v) is 12.1. The number of aromatic amines is 1. The lowest BCUT2D eigenvalue weighted by Gasteiger charge is -2.12. The quantitative estimate of drug-likeness (QED) is 0.646. The molecule has 7 nitrogen and oxygen atoms in total. The van der Waals surface area contributed by atoms with Gasteiger partial charge in [0.15, 0.2) is 0 Å². The van der Waals surface area contributed by atoms with Gasteiger partial charge in [-0.1, -0.05) is 23.7 Å². The van der Waals surface area contributed by atoms with Crippen LogP contribution in [0.15, 0.2) is 24.3 Å². The molecule has 1 atom stereocenters. The number of fused-ring (bicyclic) bond motifs is 1. The van der Waals surface area contributed by atoms with E-state index in [1.165, 1.54) is 0 Å². The minimum Gasteiger partial charge on any atom is -0.481 e. The van der Waals surface area contributed by atoms with Crippen LogP contribution in [0.5, 0.6) is 0 Å². The van der Waals surface area contributed by atoms with Gasteiger partial charge in [-0.2, -0.15) is 0 Å². The molecule has 1 aromatic carbocycles. The molecular weight excluding hydrogens is 312 g/mol. The Hall–Kier alpha value is -2.54. The maximum absolute atomic E-state index is 12.1. The van der Waals surface area contributed by atoms with Crippen molar-refractivity contribution in [2.24, 2.45) is 0 Å². The van der Waals surface area contributed by atoms with Crippen LogP contribution in [-0.4, -0.2) is 39.1 Å². The van der Waals surface area contributed by atoms with E-state index >= 15 is 0 Å². The first-order chi connectivity index (χ1) is 10.4. The van der Waals surface area contributed by atoms with Crippen LogP contribution in [0.25, 0.3) is 10.9 Å². The highest BCUT2D eigenvalue weighted by Gasteiger charge is 2.22. The van der Waals surface area contributed by atoms with Crippen molar-refractivity contribution in [3.05, 3.63) is 35.0 Å². The van der Waals surface area contributed by atoms with Crippen LogP contribution in [0.4, 0.5) is 0 Å². The molecule has 2 rings (SSSR count). The topological polar surface area (TPSA) is 119 Å². The van der Waals surface area contributed by atoms with E-state index in [-0.39, 0.29) is 18.5 Å². The Balaban J connectivity index is 2.16. The maximum atomic E-state index is 12.1. The summed E-state index contributed by atoms with van der Waals surface area (Å²) >= 11 is 5.99. The van der Waals surface area contributed by atoms with Gasteiger partial charge in [0.25, 0.3) is 5.91 Å². The van der Waals surface area contributed by atoms with Crippen molar-refractivity contribution in [3.8, 4) is 0 Å². The van der Waals surface area contributed by atoms with Gasteiger partial charge < -0.3 is 20.5 Å². The van der Waals surface area contributed by atoms with Crippen molar-refractivity contribution in [1.29, 1.82) is 0 Å². The van der Waals surface area contributed by atoms with E-state index in [2.05, 4.69) is 10.3 Å². The SMILES string of the molecule is O=C(O)CC[C@H](NC(=O)c1cc2cccc(Cl)c2[nH]1)C(=O)O. The Morgan fingerprint density at radius 1 is 1.27 bits per heavy atom. The number of para-hydroxylation sites is 1. The normalized spacial score (nSPS) is 12.0. The number of rotatable bonds is 6. The second-order valence-electron chi connectivity index (χ2n) is 4.68. The largest absolute Gasteiger partial charge is 0.481 e. The third-order valence-corrected chi connectivity index (χ3v) is 3.42. The van der Waals surface area contributed by atoms with Crippen LogP contribution in [0, 0.1) is 0 Å². The average molecular weight is 325 g/mol. The van der Waals surface area contributed by atoms with Crippen LogP contribution in [0.1, 0.15) is 23.3 Å². The zero-order chi connectivity index (χ0) is 16.3. The van der Waals surface area contributed by atoms with Crippen molar-refractivity contribution in [2.75, 3.05) is 0 Å². The van der Waals surface area contributed by atoms with E-state index in [9.17, 15) is 14.4 Å². The summed E-state index contributed by atoms with van der Waals surface area (Å²) in [6.45, 7) is 0. The molecule has 116 valence electrons. The van der Waals surface area contributed by atoms with Crippen LogP contribution >= 0.6 is 11.6 Å². The van der Waals surface area contributed by atoms with Gasteiger partial charge >= 0.3 is 11.9 Å². The van der Waals surface area contributed by atoms with Gasteiger partial charge in [0.1, 0.15) is 11.7 Å². The third-order valence-electron chi connectivity index (χ3n) is 3.10. The summed E-state index contributed by atoms with van der Waals surface area (Å²) in [4.78, 5) is 36.5. The zero-order valence-electron chi connectivity index (χ0n) is 11.3. The van der Waals surface area contributed by atoms with Gasteiger partial charge in [0, 0.05) is 11.8 Å². The van der Waals surface area contributed by atoms with Crippen molar-refractivity contribution in [1.82, 2.24) is 10.3 Å². The molecule has 0 aliphatic heterocycles. The molecule has 0 saturated carbocycles. The smallest absolute Gasteiger partial charge is 0.326 e. The molecule has 4 N–H and O–H groups in total. The van der Waals surface area contributed by atoms with E-state index in [4.69, 9.17) is 21.8 Å². The van der Waals surface area contributed by atoms with Crippen molar-refractivity contribution >= 4 is 40.3 Å². The Morgan fingerprint density at radius 2 is 2.00 bits per heavy atom. The van der Waals surface area contributed by atoms with Gasteiger partial charge in [-0.15, -0.1) is 0 Å². The summed E-state index contributed by atoms with van der Waals surface area (Å²) < 4.78 is 0. The number of halogens is 1. The summed E-state index contributed by atoms with van der Waals surface area (Å²) in [5, 5.41) is 21.1. The third kappa shape index (κ3) is 3.56. The van der Waals surface area contributed by atoms with Crippen LogP contribution in [-0.2, 0) is 9.59 Å². The number of hydrogen-bond donors (Lipinski definition) is 4. The molecule has 1 heterocycles. The molecule has 22 heavy (non-hydrogen) atoms. The fourth-order valence-electron chi connectivity index (χ4n) is 2.00. The monoisotopic (exact) mass is 324 g/mol. The van der Waals surface area contributed by atoms with Crippen molar-refractivity contribution in [2.45, 2.75) is 18.9 Å². The molecule has 0 saturated heterocycles. The number of nitrogens with one attached hydrogen (secondary N) is 2. The van der Waals surface area contributed by atoms with Crippen LogP contribution in [0.3, 0.4) is 0 Å². The summed E-state index contributed by atoms with van der Waals surface area (Å²) in [5.74, 6) is -3.05. The molecule has 1 amide bonds. The highest BCUT2D eigenvalue weighted by molar-refractivity contribution is 6.35. The van der Waals surface area contributed by atoms with Gasteiger partial charge in [0.2, 0.25) is 0 Å². The Morgan fingerprint density at radius 3 is 2.59 bits per heavy atom. The minimum absolute atomic E-state index is 0.157. The van der Waals surface area contributed by atoms with Crippen molar-refractivity contribution < 1.29 is 24.6 Å². The molecule has 8 heteroatoms. The van der Waals surface area contributed by atoms with Crippen LogP contribution < -0.4 is 5.32 Å². The number of hydrogen-bond acceptors (Lipinski definition) is 3. The average Bonchev–Trinajstić information content (AvgIpc) is 2.88. The maximum Gasteiger partial charge on any atom is 0.326 e. The first kappa shape index (κ1) is 15.8. The number of carbonyl (C=O) groups excluding carboxylic acids is 1. The van der Waals surface area contributed by atoms with Gasteiger partial charge in [-0.3, -0.25) is 9.59 Å². The molecule has 0 radical (unpaired) electrons. The fraction of sp³-hybridized carbons (Fsp3) is 0.214. The van der Waals surface area contributed by atoms with E-state index < -0.39 is 23.9 Å². The lowest BCUT2D eigenvalue weighted by Crippen LogP contribution is -2.41. The van der Waals surface area contributed by atoms with E-state index in [0.29, 0.717) is 10.5 Å². The Labute approximate surface area is 129 Å². The second-order valence-corrected chi connectivity index (χ2v) is 5.09. The number of carboxylic acids is 2. The van der Waals surface area contributed by atoms with E-state index in [1.807, 2.05) is 0 Å². The van der Waals surface area contributed by atoms with Gasteiger partial charge in [0.05, 0.1) is 10.5 Å². The first-order valence-corrected chi connectivity index (χ1v) is 6.79. The van der Waals surface area contributed by atoms with Crippen LogP contribution in [0.2, 0.25) is 5.02 Å². The Bertz CT molecular complexity index is 740. The summed E-state index contributed by atoms with van der Waals surface area (Å²) in [7, 11) is 0. The lowest BCUT2D eigenvalue weighted by molar-refractivity contribution is -0.140. The number of benzene rings is 1. The molecule has 1 aromatic heterocycles. The highest BCUT2D eigenvalue weighted by Crippen LogP contribution is 2.23. The molecule has 0 aliphatic rings. The number of carboxylic acid groups (broad SMARTS) is 2. The van der Waals surface area contributed by atoms with Crippen molar-refractivity contribution in [3.63, 3.8) is 0 Å². The predicted molar refractivity (Wildman–Crippen MR) is 79.1 cm³/mol. The molecule has 0 aliphatic carbocycles. The summed E-state index contributed by atoms with van der Waals surface area (Å²) in [6.07, 6.45) is -0.548. The number of aromatic nitrogens is 1. The fourth-order valence-corrected chi connectivity index (χ4v) is 2.23. The number of amides is 1. The highest BCUT2D eigenvalue weighted by atomic mass is 35.5. The molecule has 2 aromatic rings. The second kappa shape index (κ2) is 6.48. The minimum atomic E-state index is -1.29. The molecule has 0 spiro atoms. The molecule has 0 fully saturated rings. The number of H-pyrrole nitrogens is 1. The molecule has 0 bridgehead atoms. The van der Waals surface area contributed by atoms with Gasteiger partial charge in [-0.25, -0.2) is 4.79 Å². The molecule has 0 unspecified atom stereocenters. The predicted octanol–water partition coefficient (Wildman–Crippen LogP) is 1.87.